The van der Waals surface area contributed by atoms with Gasteiger partial charge in [0.05, 0.1) is 25.4 Å². The maximum absolute atomic E-state index is 6.19. The summed E-state index contributed by atoms with van der Waals surface area (Å²) < 4.78 is 12.4. The van der Waals surface area contributed by atoms with Crippen LogP contribution in [-0.4, -0.2) is 17.0 Å². The minimum atomic E-state index is 0.150. The Kier molecular flexibility index (Phi) is 6.26. The average Bonchev–Trinajstić information content (AvgIpc) is 2.61. The zero-order valence-electron chi connectivity index (χ0n) is 13.2. The molecule has 2 aromatic rings. The van der Waals surface area contributed by atoms with Gasteiger partial charge in [0.25, 0.3) is 0 Å². The number of hydrogen-bond acceptors (Lipinski definition) is 2. The lowest BCUT2D eigenvalue weighted by Crippen LogP contribution is -2.38. The maximum Gasteiger partial charge on any atom is 0.0852 e. The molecule has 23 heavy (non-hydrogen) atoms. The number of halogens is 1. The van der Waals surface area contributed by atoms with Gasteiger partial charge < -0.3 is 9.47 Å². The molecule has 0 radical (unpaired) electrons. The van der Waals surface area contributed by atoms with Crippen LogP contribution >= 0.6 is 15.9 Å². The van der Waals surface area contributed by atoms with E-state index in [2.05, 4.69) is 64.5 Å². The predicted octanol–water partition coefficient (Wildman–Crippen LogP) is 5.10. The lowest BCUT2D eigenvalue weighted by atomic mass is 9.94. The van der Waals surface area contributed by atoms with E-state index in [4.69, 9.17) is 9.47 Å². The lowest BCUT2D eigenvalue weighted by Gasteiger charge is -2.34. The molecule has 0 aromatic heterocycles. The van der Waals surface area contributed by atoms with Crippen LogP contribution in [0.1, 0.15) is 30.4 Å². The fourth-order valence-corrected chi connectivity index (χ4v) is 3.61. The first-order valence-corrected chi connectivity index (χ1v) is 9.18. The maximum atomic E-state index is 6.19. The third kappa shape index (κ3) is 5.17. The van der Waals surface area contributed by atoms with Crippen LogP contribution in [0.4, 0.5) is 0 Å². The Labute approximate surface area is 146 Å². The zero-order chi connectivity index (χ0) is 15.9. The number of ether oxygens (including phenoxy) is 2. The van der Waals surface area contributed by atoms with Gasteiger partial charge in [-0.1, -0.05) is 76.6 Å². The Balaban J connectivity index is 1.55. The molecule has 2 aromatic carbocycles. The van der Waals surface area contributed by atoms with Crippen LogP contribution in [0.25, 0.3) is 0 Å². The summed E-state index contributed by atoms with van der Waals surface area (Å²) in [6.07, 6.45) is 3.52. The number of hydrogen-bond donors (Lipinski definition) is 0. The normalized spacial score (nSPS) is 24.5. The zero-order valence-corrected chi connectivity index (χ0v) is 14.8. The third-order valence-corrected chi connectivity index (χ3v) is 5.11. The van der Waals surface area contributed by atoms with E-state index in [0.29, 0.717) is 18.0 Å². The van der Waals surface area contributed by atoms with Crippen LogP contribution in [0.15, 0.2) is 60.7 Å². The van der Waals surface area contributed by atoms with Gasteiger partial charge in [-0.05, 0) is 30.4 Å². The van der Waals surface area contributed by atoms with Gasteiger partial charge in [0.2, 0.25) is 0 Å². The molecule has 3 heteroatoms. The molecule has 122 valence electrons. The molecule has 1 aliphatic carbocycles. The molecule has 1 aliphatic rings. The Morgan fingerprint density at radius 2 is 1.26 bits per heavy atom. The van der Waals surface area contributed by atoms with Gasteiger partial charge in [-0.3, -0.25) is 0 Å². The summed E-state index contributed by atoms with van der Waals surface area (Å²) >= 11 is 3.74. The minimum Gasteiger partial charge on any atom is -0.371 e. The standard InChI is InChI=1S/C20H23BrO2/c21-18-11-12-19(22-14-16-7-3-1-4-8-16)20(13-18)23-15-17-9-5-2-6-10-17/h1-10,18-20H,11-15H2/t18-,19-,20-/m0/s1. The van der Waals surface area contributed by atoms with E-state index < -0.39 is 0 Å². The quantitative estimate of drug-likeness (QED) is 0.654. The average molecular weight is 375 g/mol. The SMILES string of the molecule is Br[C@H]1CC[C@H](OCc2ccccc2)[C@@H](OCc2ccccc2)C1. The van der Waals surface area contributed by atoms with Crippen molar-refractivity contribution >= 4 is 15.9 Å². The molecule has 0 bridgehead atoms. The van der Waals surface area contributed by atoms with Crippen molar-refractivity contribution in [2.45, 2.75) is 49.5 Å². The first kappa shape index (κ1) is 16.7. The topological polar surface area (TPSA) is 18.5 Å². The highest BCUT2D eigenvalue weighted by Crippen LogP contribution is 2.30. The summed E-state index contributed by atoms with van der Waals surface area (Å²) in [6.45, 7) is 1.31. The van der Waals surface area contributed by atoms with Crippen molar-refractivity contribution in [2.75, 3.05) is 0 Å². The molecule has 0 spiro atoms. The Morgan fingerprint density at radius 1 is 0.739 bits per heavy atom. The fraction of sp³-hybridized carbons (Fsp3) is 0.400. The summed E-state index contributed by atoms with van der Waals surface area (Å²) in [7, 11) is 0. The van der Waals surface area contributed by atoms with E-state index >= 15 is 0 Å². The fourth-order valence-electron chi connectivity index (χ4n) is 2.97. The second-order valence-corrected chi connectivity index (χ2v) is 7.38. The van der Waals surface area contributed by atoms with Crippen molar-refractivity contribution in [3.63, 3.8) is 0 Å². The van der Waals surface area contributed by atoms with E-state index in [-0.39, 0.29) is 12.2 Å². The van der Waals surface area contributed by atoms with Crippen LogP contribution in [0.5, 0.6) is 0 Å². The van der Waals surface area contributed by atoms with Gasteiger partial charge in [0, 0.05) is 4.83 Å². The van der Waals surface area contributed by atoms with Crippen molar-refractivity contribution in [1.29, 1.82) is 0 Å². The van der Waals surface area contributed by atoms with Gasteiger partial charge in [-0.25, -0.2) is 0 Å². The molecular weight excluding hydrogens is 352 g/mol. The van der Waals surface area contributed by atoms with Gasteiger partial charge in [0.15, 0.2) is 0 Å². The lowest BCUT2D eigenvalue weighted by molar-refractivity contribution is -0.102. The van der Waals surface area contributed by atoms with Crippen molar-refractivity contribution < 1.29 is 9.47 Å². The van der Waals surface area contributed by atoms with E-state index in [1.165, 1.54) is 11.1 Å². The predicted molar refractivity (Wildman–Crippen MR) is 96.6 cm³/mol. The first-order chi connectivity index (χ1) is 11.3. The molecule has 1 fully saturated rings. The highest BCUT2D eigenvalue weighted by atomic mass is 79.9. The van der Waals surface area contributed by atoms with Crippen LogP contribution in [-0.2, 0) is 22.7 Å². The molecule has 3 atom stereocenters. The monoisotopic (exact) mass is 374 g/mol. The van der Waals surface area contributed by atoms with Crippen molar-refractivity contribution in [3.05, 3.63) is 71.8 Å². The van der Waals surface area contributed by atoms with Gasteiger partial charge in [-0.2, -0.15) is 0 Å². The van der Waals surface area contributed by atoms with E-state index in [1.807, 2.05) is 12.1 Å². The van der Waals surface area contributed by atoms with Gasteiger partial charge in [-0.15, -0.1) is 0 Å². The molecule has 0 saturated heterocycles. The number of alkyl halides is 1. The summed E-state index contributed by atoms with van der Waals surface area (Å²) in [5, 5.41) is 0. The Bertz CT molecular complexity index is 573. The van der Waals surface area contributed by atoms with E-state index in [1.54, 1.807) is 0 Å². The molecule has 0 unspecified atom stereocenters. The van der Waals surface area contributed by atoms with Gasteiger partial charge >= 0.3 is 0 Å². The van der Waals surface area contributed by atoms with Crippen LogP contribution in [0, 0.1) is 0 Å². The molecular formula is C20H23BrO2. The molecule has 0 N–H and O–H groups in total. The molecule has 0 heterocycles. The van der Waals surface area contributed by atoms with Crippen molar-refractivity contribution in [2.24, 2.45) is 0 Å². The van der Waals surface area contributed by atoms with Crippen LogP contribution in [0.2, 0.25) is 0 Å². The summed E-state index contributed by atoms with van der Waals surface area (Å²) in [5.74, 6) is 0. The highest BCUT2D eigenvalue weighted by Gasteiger charge is 2.30. The molecule has 1 saturated carbocycles. The minimum absolute atomic E-state index is 0.150. The summed E-state index contributed by atoms with van der Waals surface area (Å²) in [5.41, 5.74) is 2.43. The first-order valence-electron chi connectivity index (χ1n) is 8.26. The van der Waals surface area contributed by atoms with Crippen molar-refractivity contribution in [3.8, 4) is 0 Å². The van der Waals surface area contributed by atoms with Crippen LogP contribution in [0.3, 0.4) is 0 Å². The van der Waals surface area contributed by atoms with Crippen molar-refractivity contribution in [1.82, 2.24) is 0 Å². The number of rotatable bonds is 6. The van der Waals surface area contributed by atoms with E-state index in [9.17, 15) is 0 Å². The molecule has 2 nitrogen and oxygen atoms in total. The second-order valence-electron chi connectivity index (χ2n) is 6.08. The highest BCUT2D eigenvalue weighted by molar-refractivity contribution is 9.09. The van der Waals surface area contributed by atoms with E-state index in [0.717, 1.165) is 19.3 Å². The summed E-state index contributed by atoms with van der Waals surface area (Å²) in [4.78, 5) is 0.528. The third-order valence-electron chi connectivity index (χ3n) is 4.28. The molecule has 0 aliphatic heterocycles. The Morgan fingerprint density at radius 3 is 1.83 bits per heavy atom. The smallest absolute Gasteiger partial charge is 0.0852 e. The number of benzene rings is 2. The molecule has 3 rings (SSSR count). The largest absolute Gasteiger partial charge is 0.371 e. The Hall–Kier alpha value is -1.16. The van der Waals surface area contributed by atoms with Crippen LogP contribution < -0.4 is 0 Å². The summed E-state index contributed by atoms with van der Waals surface area (Å²) in [6, 6.07) is 20.7. The molecule has 0 amide bonds. The second kappa shape index (κ2) is 8.62. The van der Waals surface area contributed by atoms with Gasteiger partial charge in [0.1, 0.15) is 0 Å².